The second kappa shape index (κ2) is 13.4. The Morgan fingerprint density at radius 1 is 0.953 bits per heavy atom. The van der Waals surface area contributed by atoms with Crippen molar-refractivity contribution in [1.82, 2.24) is 4.90 Å². The molecule has 5 rings (SSSR count). The fourth-order valence-corrected chi connectivity index (χ4v) is 5.42. The van der Waals surface area contributed by atoms with Crippen LogP contribution in [0.5, 0.6) is 0 Å². The third-order valence-corrected chi connectivity index (χ3v) is 7.73. The molecule has 0 aliphatic carbocycles. The largest absolute Gasteiger partial charge is 0.416 e. The first-order valence-electron chi connectivity index (χ1n) is 14.0. The molecule has 0 saturated carbocycles. The predicted octanol–water partition coefficient (Wildman–Crippen LogP) is 7.45. The Morgan fingerprint density at radius 2 is 1.63 bits per heavy atom. The SMILES string of the molecule is COCOC(c1ccccc1)N1CCC(N(C)c2ccc(NC(=O)c3ccccc3-c3ccc(C(F)(F)F)cc3)cc2)C1. The highest BCUT2D eigenvalue weighted by atomic mass is 19.4. The van der Waals surface area contributed by atoms with E-state index in [1.54, 1.807) is 31.4 Å². The number of alkyl halides is 3. The molecule has 4 aromatic rings. The average Bonchev–Trinajstić information content (AvgIpc) is 3.51. The van der Waals surface area contributed by atoms with Crippen LogP contribution >= 0.6 is 0 Å². The molecule has 1 amide bonds. The zero-order valence-electron chi connectivity index (χ0n) is 24.1. The third-order valence-electron chi connectivity index (χ3n) is 7.73. The summed E-state index contributed by atoms with van der Waals surface area (Å²) in [5, 5.41) is 2.93. The second-order valence-corrected chi connectivity index (χ2v) is 10.5. The van der Waals surface area contributed by atoms with Crippen LogP contribution in [0.1, 0.15) is 34.1 Å². The summed E-state index contributed by atoms with van der Waals surface area (Å²) in [5.41, 5.74) is 3.45. The lowest BCUT2D eigenvalue weighted by atomic mass is 9.98. The maximum atomic E-state index is 13.2. The summed E-state index contributed by atoms with van der Waals surface area (Å²) in [6.45, 7) is 1.91. The Kier molecular flexibility index (Phi) is 9.45. The van der Waals surface area contributed by atoms with Crippen molar-refractivity contribution >= 4 is 17.3 Å². The topological polar surface area (TPSA) is 54.0 Å². The molecule has 1 fully saturated rings. The molecule has 0 spiro atoms. The minimum Gasteiger partial charge on any atom is -0.370 e. The van der Waals surface area contributed by atoms with Crippen molar-refractivity contribution in [2.75, 3.05) is 44.3 Å². The highest BCUT2D eigenvalue weighted by Gasteiger charge is 2.32. The van der Waals surface area contributed by atoms with E-state index < -0.39 is 11.7 Å². The van der Waals surface area contributed by atoms with Crippen molar-refractivity contribution in [3.63, 3.8) is 0 Å². The number of benzene rings is 4. The summed E-state index contributed by atoms with van der Waals surface area (Å²) in [5.74, 6) is -0.342. The van der Waals surface area contributed by atoms with Crippen molar-refractivity contribution in [3.05, 3.63) is 120 Å². The number of anilines is 2. The number of hydrogen-bond donors (Lipinski definition) is 1. The monoisotopic (exact) mass is 589 g/mol. The molecular weight excluding hydrogens is 555 g/mol. The molecule has 224 valence electrons. The molecule has 2 atom stereocenters. The van der Waals surface area contributed by atoms with E-state index in [1.165, 1.54) is 12.1 Å². The van der Waals surface area contributed by atoms with Crippen LogP contribution < -0.4 is 10.2 Å². The van der Waals surface area contributed by atoms with Crippen LogP contribution in [0.15, 0.2) is 103 Å². The number of amides is 1. The number of likely N-dealkylation sites (N-methyl/N-ethyl adjacent to an activating group) is 1. The maximum Gasteiger partial charge on any atom is 0.416 e. The molecular formula is C34H34F3N3O3. The van der Waals surface area contributed by atoms with Crippen LogP contribution in [-0.4, -0.2) is 50.9 Å². The molecule has 43 heavy (non-hydrogen) atoms. The number of hydrogen-bond acceptors (Lipinski definition) is 5. The first-order valence-corrected chi connectivity index (χ1v) is 14.0. The molecule has 1 saturated heterocycles. The van der Waals surface area contributed by atoms with Crippen LogP contribution in [0.3, 0.4) is 0 Å². The predicted molar refractivity (Wildman–Crippen MR) is 162 cm³/mol. The van der Waals surface area contributed by atoms with Gasteiger partial charge in [0.05, 0.1) is 5.56 Å². The van der Waals surface area contributed by atoms with Gasteiger partial charge in [-0.25, -0.2) is 0 Å². The normalized spacial score (nSPS) is 16.2. The quantitative estimate of drug-likeness (QED) is 0.195. The Labute approximate surface area is 249 Å². The van der Waals surface area contributed by atoms with Gasteiger partial charge in [-0.1, -0.05) is 60.7 Å². The Balaban J connectivity index is 1.24. The lowest BCUT2D eigenvalue weighted by Gasteiger charge is -2.30. The molecule has 1 aliphatic heterocycles. The summed E-state index contributed by atoms with van der Waals surface area (Å²) < 4.78 is 50.3. The molecule has 1 aliphatic rings. The van der Waals surface area contributed by atoms with E-state index in [4.69, 9.17) is 9.47 Å². The number of methoxy groups -OCH3 is 1. The Hall–Kier alpha value is -4.18. The summed E-state index contributed by atoms with van der Waals surface area (Å²) in [6.07, 6.45) is -3.65. The van der Waals surface area contributed by atoms with E-state index in [1.807, 2.05) is 42.5 Å². The lowest BCUT2D eigenvalue weighted by molar-refractivity contribution is -0.137. The molecule has 0 radical (unpaired) electrons. The van der Waals surface area contributed by atoms with Crippen LogP contribution in [0, 0.1) is 0 Å². The molecule has 6 nitrogen and oxygen atoms in total. The van der Waals surface area contributed by atoms with Crippen LogP contribution in [0.25, 0.3) is 11.1 Å². The van der Waals surface area contributed by atoms with E-state index in [2.05, 4.69) is 34.3 Å². The van der Waals surface area contributed by atoms with E-state index in [9.17, 15) is 18.0 Å². The van der Waals surface area contributed by atoms with Gasteiger partial charge in [-0.15, -0.1) is 0 Å². The number of rotatable bonds is 10. The standard InChI is InChI=1S/C34H34F3N3O3/c1-39(29-20-21-40(22-29)33(43-23-42-2)25-8-4-3-5-9-25)28-18-16-27(17-19-28)38-32(41)31-11-7-6-10-30(31)24-12-14-26(15-13-24)34(35,36)37/h3-19,29,33H,20-23H2,1-2H3,(H,38,41). The zero-order valence-corrected chi connectivity index (χ0v) is 24.1. The summed E-state index contributed by atoms with van der Waals surface area (Å²) >= 11 is 0. The smallest absolute Gasteiger partial charge is 0.370 e. The van der Waals surface area contributed by atoms with E-state index in [0.29, 0.717) is 22.4 Å². The third kappa shape index (κ3) is 7.25. The fraction of sp³-hybridized carbons (Fsp3) is 0.265. The number of ether oxygens (including phenoxy) is 2. The van der Waals surface area contributed by atoms with E-state index >= 15 is 0 Å². The van der Waals surface area contributed by atoms with Crippen molar-refractivity contribution in [2.24, 2.45) is 0 Å². The van der Waals surface area contributed by atoms with Gasteiger partial charge in [0.25, 0.3) is 5.91 Å². The van der Waals surface area contributed by atoms with Gasteiger partial charge in [-0.3, -0.25) is 9.69 Å². The molecule has 0 bridgehead atoms. The number of likely N-dealkylation sites (tertiary alicyclic amines) is 1. The number of carbonyl (C=O) groups excluding carboxylic acids is 1. The fourth-order valence-electron chi connectivity index (χ4n) is 5.42. The van der Waals surface area contributed by atoms with E-state index in [0.717, 1.165) is 42.9 Å². The molecule has 9 heteroatoms. The highest BCUT2D eigenvalue weighted by Crippen LogP contribution is 2.33. The lowest BCUT2D eigenvalue weighted by Crippen LogP contribution is -2.36. The van der Waals surface area contributed by atoms with Crippen molar-refractivity contribution < 1.29 is 27.4 Å². The van der Waals surface area contributed by atoms with Gasteiger partial charge in [0.2, 0.25) is 0 Å². The highest BCUT2D eigenvalue weighted by molar-refractivity contribution is 6.08. The summed E-state index contributed by atoms with van der Waals surface area (Å²) in [4.78, 5) is 17.8. The molecule has 1 N–H and O–H groups in total. The van der Waals surface area contributed by atoms with E-state index in [-0.39, 0.29) is 25.0 Å². The number of carbonyl (C=O) groups is 1. The minimum absolute atomic E-state index is 0.192. The average molecular weight is 590 g/mol. The van der Waals surface area contributed by atoms with Gasteiger partial charge in [-0.2, -0.15) is 13.2 Å². The molecule has 0 aromatic heterocycles. The van der Waals surface area contributed by atoms with Gasteiger partial charge >= 0.3 is 6.18 Å². The maximum absolute atomic E-state index is 13.2. The number of nitrogens with zero attached hydrogens (tertiary/aromatic N) is 2. The minimum atomic E-state index is -4.42. The van der Waals surface area contributed by atoms with Crippen LogP contribution in [-0.2, 0) is 15.7 Å². The summed E-state index contributed by atoms with van der Waals surface area (Å²) in [6, 6.07) is 29.7. The second-order valence-electron chi connectivity index (χ2n) is 10.5. The zero-order chi connectivity index (χ0) is 30.4. The van der Waals surface area contributed by atoms with Crippen LogP contribution in [0.4, 0.5) is 24.5 Å². The number of halogens is 3. The Morgan fingerprint density at radius 3 is 2.30 bits per heavy atom. The van der Waals surface area contributed by atoms with Gasteiger partial charge in [0.15, 0.2) is 0 Å². The molecule has 4 aromatic carbocycles. The van der Waals surface area contributed by atoms with Gasteiger partial charge in [0.1, 0.15) is 13.0 Å². The van der Waals surface area contributed by atoms with Crippen molar-refractivity contribution in [3.8, 4) is 11.1 Å². The molecule has 1 heterocycles. The number of nitrogens with one attached hydrogen (secondary N) is 1. The van der Waals surface area contributed by atoms with Crippen LogP contribution in [0.2, 0.25) is 0 Å². The van der Waals surface area contributed by atoms with Gasteiger partial charge < -0.3 is 19.7 Å². The van der Waals surface area contributed by atoms with Gasteiger partial charge in [0, 0.05) is 50.2 Å². The van der Waals surface area contributed by atoms with Crippen molar-refractivity contribution in [2.45, 2.75) is 24.9 Å². The summed E-state index contributed by atoms with van der Waals surface area (Å²) in [7, 11) is 3.68. The first kappa shape index (κ1) is 30.3. The van der Waals surface area contributed by atoms with Gasteiger partial charge in [-0.05, 0) is 65.6 Å². The Bertz CT molecular complexity index is 1500. The van der Waals surface area contributed by atoms with Crippen molar-refractivity contribution in [1.29, 1.82) is 0 Å². The molecule has 2 unspecified atom stereocenters. The first-order chi connectivity index (χ1) is 20.7.